The minimum absolute atomic E-state index is 0.193. The summed E-state index contributed by atoms with van der Waals surface area (Å²) in [5.74, 6) is 0.525. The van der Waals surface area contributed by atoms with Gasteiger partial charge in [-0.2, -0.15) is 0 Å². The van der Waals surface area contributed by atoms with Gasteiger partial charge in [-0.1, -0.05) is 6.07 Å². The Morgan fingerprint density at radius 3 is 2.86 bits per heavy atom. The van der Waals surface area contributed by atoms with E-state index in [1.54, 1.807) is 31.3 Å². The van der Waals surface area contributed by atoms with E-state index in [0.717, 1.165) is 0 Å². The highest BCUT2D eigenvalue weighted by atomic mass is 32.3. The molecule has 0 aliphatic carbocycles. The van der Waals surface area contributed by atoms with E-state index in [-0.39, 0.29) is 6.10 Å². The molecular formula is C8H12N2O3S. The molecular weight excluding hydrogens is 204 g/mol. The summed E-state index contributed by atoms with van der Waals surface area (Å²) in [5, 5.41) is 0. The van der Waals surface area contributed by atoms with Crippen LogP contribution in [0.15, 0.2) is 24.4 Å². The lowest BCUT2D eigenvalue weighted by molar-refractivity contribution is 0.234. The van der Waals surface area contributed by atoms with Crippen molar-refractivity contribution in [3.63, 3.8) is 0 Å². The third-order valence-electron chi connectivity index (χ3n) is 1.91. The van der Waals surface area contributed by atoms with Crippen LogP contribution < -0.4 is 4.31 Å². The Balaban J connectivity index is 2.27. The van der Waals surface area contributed by atoms with Gasteiger partial charge in [0, 0.05) is 6.20 Å². The Hall–Kier alpha value is -0.820. The van der Waals surface area contributed by atoms with Crippen LogP contribution in [0.3, 0.4) is 0 Å². The summed E-state index contributed by atoms with van der Waals surface area (Å²) in [6.07, 6.45) is 1.41. The average molecular weight is 216 g/mol. The third kappa shape index (κ3) is 1.69. The maximum atomic E-state index is 9.58. The monoisotopic (exact) mass is 216 g/mol. The fourth-order valence-electron chi connectivity index (χ4n) is 1.35. The largest absolute Gasteiger partial charge is 0.292 e. The molecule has 1 fully saturated rings. The molecule has 1 aromatic heterocycles. The normalized spacial score (nSPS) is 27.6. The van der Waals surface area contributed by atoms with E-state index in [0.29, 0.717) is 12.4 Å². The molecule has 5 nitrogen and oxygen atoms in total. The molecule has 1 unspecified atom stereocenters. The van der Waals surface area contributed by atoms with Gasteiger partial charge in [0.15, 0.2) is 11.1 Å². The van der Waals surface area contributed by atoms with E-state index in [1.807, 2.05) is 0 Å². The molecule has 6 heteroatoms. The molecule has 1 saturated heterocycles. The quantitative estimate of drug-likeness (QED) is 0.750. The van der Waals surface area contributed by atoms with Crippen LogP contribution in [0.4, 0.5) is 5.82 Å². The van der Waals surface area contributed by atoms with Gasteiger partial charge in [0.05, 0.1) is 12.6 Å². The van der Waals surface area contributed by atoms with Crippen molar-refractivity contribution in [2.24, 2.45) is 0 Å². The zero-order chi connectivity index (χ0) is 10.2. The molecule has 0 bridgehead atoms. The summed E-state index contributed by atoms with van der Waals surface area (Å²) in [6.45, 7) is 2.23. The smallest absolute Gasteiger partial charge is 0.184 e. The molecule has 0 amide bonds. The van der Waals surface area contributed by atoms with Crippen molar-refractivity contribution in [3.05, 3.63) is 24.4 Å². The van der Waals surface area contributed by atoms with E-state index in [1.165, 1.54) is 4.31 Å². The Labute approximate surface area is 84.0 Å². The fourth-order valence-corrected chi connectivity index (χ4v) is 2.71. The van der Waals surface area contributed by atoms with E-state index < -0.39 is 11.1 Å². The van der Waals surface area contributed by atoms with Crippen LogP contribution in [-0.4, -0.2) is 26.7 Å². The van der Waals surface area contributed by atoms with Crippen LogP contribution in [0.2, 0.25) is 0 Å². The highest BCUT2D eigenvalue weighted by Crippen LogP contribution is 2.52. The lowest BCUT2D eigenvalue weighted by Crippen LogP contribution is -2.23. The second-order valence-electron chi connectivity index (χ2n) is 3.12. The highest BCUT2D eigenvalue weighted by molar-refractivity contribution is 8.21. The molecule has 2 N–H and O–H groups in total. The van der Waals surface area contributed by atoms with Gasteiger partial charge in [-0.15, -0.1) is 0 Å². The predicted octanol–water partition coefficient (Wildman–Crippen LogP) is 1.89. The first kappa shape index (κ1) is 9.72. The molecule has 0 radical (unpaired) electrons. The molecule has 2 rings (SSSR count). The molecule has 0 spiro atoms. The molecule has 14 heavy (non-hydrogen) atoms. The van der Waals surface area contributed by atoms with Gasteiger partial charge in [-0.05, 0) is 19.1 Å². The van der Waals surface area contributed by atoms with Crippen molar-refractivity contribution in [2.45, 2.75) is 13.0 Å². The van der Waals surface area contributed by atoms with Crippen LogP contribution in [-0.2, 0) is 4.18 Å². The maximum Gasteiger partial charge on any atom is 0.184 e. The molecule has 1 aliphatic heterocycles. The Bertz CT molecular complexity index is 320. The maximum absolute atomic E-state index is 9.58. The van der Waals surface area contributed by atoms with Gasteiger partial charge < -0.3 is 0 Å². The summed E-state index contributed by atoms with van der Waals surface area (Å²) >= 11 is -3.12. The van der Waals surface area contributed by atoms with Crippen molar-refractivity contribution < 1.29 is 13.3 Å². The van der Waals surface area contributed by atoms with Crippen molar-refractivity contribution in [1.29, 1.82) is 0 Å². The molecule has 0 saturated carbocycles. The average Bonchev–Trinajstić information content (AvgIpc) is 2.41. The van der Waals surface area contributed by atoms with Gasteiger partial charge in [0.1, 0.15) is 5.82 Å². The van der Waals surface area contributed by atoms with E-state index >= 15 is 0 Å². The summed E-state index contributed by atoms with van der Waals surface area (Å²) < 4.78 is 25.5. The second kappa shape index (κ2) is 3.39. The van der Waals surface area contributed by atoms with Crippen LogP contribution in [0.25, 0.3) is 0 Å². The van der Waals surface area contributed by atoms with Crippen molar-refractivity contribution in [2.75, 3.05) is 10.8 Å². The summed E-state index contributed by atoms with van der Waals surface area (Å²) in [5.41, 5.74) is 0. The lowest BCUT2D eigenvalue weighted by atomic mass is 10.4. The minimum atomic E-state index is -3.12. The molecule has 1 atom stereocenters. The number of anilines is 1. The standard InChI is InChI=1S/C8H12N2O3S/c1-7-6-10(14(11,12)13-7)8-4-2-3-5-9-8/h2-5,7,11-12H,6H2,1H3. The van der Waals surface area contributed by atoms with Crippen molar-refractivity contribution in [3.8, 4) is 0 Å². The molecule has 78 valence electrons. The zero-order valence-electron chi connectivity index (χ0n) is 7.70. The van der Waals surface area contributed by atoms with E-state index in [9.17, 15) is 9.11 Å². The lowest BCUT2D eigenvalue weighted by Gasteiger charge is -2.29. The number of pyridine rings is 1. The van der Waals surface area contributed by atoms with Gasteiger partial charge in [0.25, 0.3) is 0 Å². The van der Waals surface area contributed by atoms with Crippen LogP contribution in [0.5, 0.6) is 0 Å². The van der Waals surface area contributed by atoms with E-state index in [4.69, 9.17) is 4.18 Å². The van der Waals surface area contributed by atoms with Crippen LogP contribution >= 0.6 is 11.1 Å². The van der Waals surface area contributed by atoms with Gasteiger partial charge in [-0.25, -0.2) is 4.98 Å². The number of rotatable bonds is 1. The number of aromatic nitrogens is 1. The van der Waals surface area contributed by atoms with E-state index in [2.05, 4.69) is 4.98 Å². The Morgan fingerprint density at radius 2 is 2.36 bits per heavy atom. The Morgan fingerprint density at radius 1 is 1.57 bits per heavy atom. The summed E-state index contributed by atoms with van der Waals surface area (Å²) in [7, 11) is 0. The molecule has 2 heterocycles. The molecule has 1 aromatic rings. The molecule has 1 aliphatic rings. The predicted molar refractivity (Wildman–Crippen MR) is 55.0 cm³/mol. The van der Waals surface area contributed by atoms with Crippen LogP contribution in [0.1, 0.15) is 6.92 Å². The summed E-state index contributed by atoms with van der Waals surface area (Å²) in [6, 6.07) is 5.28. The first-order valence-corrected chi connectivity index (χ1v) is 5.67. The first-order valence-electron chi connectivity index (χ1n) is 4.25. The van der Waals surface area contributed by atoms with Gasteiger partial charge in [-0.3, -0.25) is 17.6 Å². The van der Waals surface area contributed by atoms with Crippen molar-refractivity contribution >= 4 is 16.9 Å². The minimum Gasteiger partial charge on any atom is -0.292 e. The van der Waals surface area contributed by atoms with Gasteiger partial charge >= 0.3 is 0 Å². The number of hydrogen-bond acceptors (Lipinski definition) is 5. The van der Waals surface area contributed by atoms with Gasteiger partial charge in [0.2, 0.25) is 0 Å². The zero-order valence-corrected chi connectivity index (χ0v) is 8.52. The molecule has 0 aromatic carbocycles. The number of nitrogens with zero attached hydrogens (tertiary/aromatic N) is 2. The first-order chi connectivity index (χ1) is 6.59. The highest BCUT2D eigenvalue weighted by Gasteiger charge is 2.39. The number of hydrogen-bond donors (Lipinski definition) is 2. The fraction of sp³-hybridized carbons (Fsp3) is 0.375. The van der Waals surface area contributed by atoms with Crippen LogP contribution in [0, 0.1) is 0 Å². The third-order valence-corrected chi connectivity index (χ3v) is 3.41. The SMILES string of the molecule is CC1CN(c2ccccn2)S(O)(O)O1. The topological polar surface area (TPSA) is 65.8 Å². The summed E-state index contributed by atoms with van der Waals surface area (Å²) in [4.78, 5) is 4.04. The van der Waals surface area contributed by atoms with Crippen molar-refractivity contribution in [1.82, 2.24) is 4.98 Å². The second-order valence-corrected chi connectivity index (χ2v) is 4.69. The Kier molecular flexibility index (Phi) is 2.36.